The number of rotatable bonds is 4. The van der Waals surface area contributed by atoms with Crippen LogP contribution >= 0.6 is 0 Å². The van der Waals surface area contributed by atoms with Gasteiger partial charge in [0.05, 0.1) is 12.1 Å². The summed E-state index contributed by atoms with van der Waals surface area (Å²) in [6, 6.07) is 25.0. The van der Waals surface area contributed by atoms with Crippen molar-refractivity contribution in [2.75, 3.05) is 0 Å². The zero-order chi connectivity index (χ0) is 31.9. The number of fused-ring (bicyclic) bond motifs is 8. The van der Waals surface area contributed by atoms with Crippen molar-refractivity contribution in [2.45, 2.75) is 12.1 Å². The first-order valence-electron chi connectivity index (χ1n) is 15.9. The number of pyridine rings is 4. The average Bonchev–Trinajstić information content (AvgIpc) is 3.98. The molecule has 0 aliphatic carbocycles. The standard InChI is InChI=1S/C40H30N8.Zn/c1-2-30-38(26-11-19-42-20-12-26)32-5-6-34(47-32)40(28-15-23-44-24-16-28)36-8-7-35(48-36)39(27-13-21-43-22-14-27)33-4-3-31(46-33)37(29(1)45-30)25-9-17-41-18-10-25;/h1-24,29,35,45-48H;/b37-31-,38-30-,39-33?,40-36-;. The Hall–Kier alpha value is -5.92. The van der Waals surface area contributed by atoms with E-state index < -0.39 is 0 Å². The van der Waals surface area contributed by atoms with Gasteiger partial charge in [-0.3, -0.25) is 19.9 Å². The fourth-order valence-corrected chi connectivity index (χ4v) is 6.97. The number of aromatic nitrogens is 6. The van der Waals surface area contributed by atoms with E-state index in [0.29, 0.717) is 0 Å². The van der Waals surface area contributed by atoms with Crippen LogP contribution in [0.5, 0.6) is 0 Å². The summed E-state index contributed by atoms with van der Waals surface area (Å²) < 4.78 is 0. The fraction of sp³-hybridized carbons (Fsp3) is 0.0500. The van der Waals surface area contributed by atoms with E-state index in [1.54, 1.807) is 0 Å². The van der Waals surface area contributed by atoms with Crippen LogP contribution in [0.3, 0.4) is 0 Å². The third-order valence-corrected chi connectivity index (χ3v) is 9.11. The summed E-state index contributed by atoms with van der Waals surface area (Å²) in [5.74, 6) is 0. The van der Waals surface area contributed by atoms with Crippen LogP contribution in [0.15, 0.2) is 158 Å². The van der Waals surface area contributed by atoms with Crippen molar-refractivity contribution in [3.8, 4) is 0 Å². The normalized spacial score (nSPS) is 22.0. The Kier molecular flexibility index (Phi) is 8.03. The topological polar surface area (TPSA) is 107 Å². The number of H-pyrrole nitrogens is 2. The molecule has 6 aromatic heterocycles. The van der Waals surface area contributed by atoms with Crippen molar-refractivity contribution in [3.63, 3.8) is 0 Å². The molecule has 0 spiro atoms. The molecule has 0 amide bonds. The predicted molar refractivity (Wildman–Crippen MR) is 187 cm³/mol. The molecule has 0 aromatic carbocycles. The number of nitrogens with one attached hydrogen (secondary N) is 4. The van der Waals surface area contributed by atoms with E-state index in [2.05, 4.69) is 138 Å². The fourth-order valence-electron chi connectivity index (χ4n) is 6.97. The second-order valence-corrected chi connectivity index (χ2v) is 11.9. The summed E-state index contributed by atoms with van der Waals surface area (Å²) in [5, 5.41) is 9.81. The van der Waals surface area contributed by atoms with Gasteiger partial charge in [-0.05, 0) is 107 Å². The maximum absolute atomic E-state index is 4.32. The van der Waals surface area contributed by atoms with Gasteiger partial charge in [0.1, 0.15) is 0 Å². The SMILES string of the molecule is C1=CC2N/C1=C(/c1ccncc1)c1ccc([nH]1)/C(c1ccncc1)=C1/C=CC(N1)/C(c1ccncc1)=c1/ccc([nH]1)=C2c1ccncc1.[Zn]. The molecule has 49 heavy (non-hydrogen) atoms. The minimum absolute atomic E-state index is 0. The predicted octanol–water partition coefficient (Wildman–Crippen LogP) is 4.61. The Morgan fingerprint density at radius 3 is 1.16 bits per heavy atom. The molecule has 6 aromatic rings. The minimum atomic E-state index is -0.0965. The molecule has 0 radical (unpaired) electrons. The maximum Gasteiger partial charge on any atom is 0.0728 e. The second-order valence-electron chi connectivity index (χ2n) is 11.9. The van der Waals surface area contributed by atoms with Gasteiger partial charge in [0.15, 0.2) is 0 Å². The third-order valence-electron chi connectivity index (χ3n) is 9.11. The molecule has 232 valence electrons. The summed E-state index contributed by atoms with van der Waals surface area (Å²) in [7, 11) is 0. The molecule has 0 fully saturated rings. The molecule has 0 saturated heterocycles. The molecule has 9 rings (SSSR count). The van der Waals surface area contributed by atoms with Gasteiger partial charge < -0.3 is 20.6 Å². The van der Waals surface area contributed by atoms with Crippen molar-refractivity contribution in [2.24, 2.45) is 0 Å². The van der Waals surface area contributed by atoms with Crippen LogP contribution in [0.1, 0.15) is 33.6 Å². The Balaban J connectivity index is 0.00000348. The summed E-state index contributed by atoms with van der Waals surface area (Å²) >= 11 is 0. The minimum Gasteiger partial charge on any atom is -0.374 e. The molecule has 3 aliphatic rings. The smallest absolute Gasteiger partial charge is 0.0728 e. The van der Waals surface area contributed by atoms with Gasteiger partial charge in [-0.1, -0.05) is 12.2 Å². The Morgan fingerprint density at radius 1 is 0.408 bits per heavy atom. The van der Waals surface area contributed by atoms with Gasteiger partial charge in [0.25, 0.3) is 0 Å². The van der Waals surface area contributed by atoms with Crippen LogP contribution in [0.25, 0.3) is 22.3 Å². The summed E-state index contributed by atoms with van der Waals surface area (Å²) in [4.78, 5) is 24.9. The van der Waals surface area contributed by atoms with Crippen LogP contribution in [-0.2, 0) is 19.5 Å². The van der Waals surface area contributed by atoms with Crippen molar-refractivity contribution in [3.05, 3.63) is 202 Å². The van der Waals surface area contributed by atoms with Crippen LogP contribution in [-0.4, -0.2) is 42.0 Å². The Labute approximate surface area is 295 Å². The van der Waals surface area contributed by atoms with E-state index in [4.69, 9.17) is 0 Å². The van der Waals surface area contributed by atoms with Gasteiger partial charge in [0.2, 0.25) is 0 Å². The monoisotopic (exact) mass is 686 g/mol. The molecule has 8 bridgehead atoms. The second kappa shape index (κ2) is 12.9. The van der Waals surface area contributed by atoms with Gasteiger partial charge in [-0.15, -0.1) is 0 Å². The molecule has 3 aliphatic heterocycles. The van der Waals surface area contributed by atoms with E-state index in [9.17, 15) is 0 Å². The Bertz CT molecular complexity index is 2220. The average molecular weight is 688 g/mol. The van der Waals surface area contributed by atoms with Crippen LogP contribution in [0.4, 0.5) is 0 Å². The first-order chi connectivity index (χ1) is 23.8. The largest absolute Gasteiger partial charge is 0.374 e. The molecule has 2 atom stereocenters. The van der Waals surface area contributed by atoms with E-state index in [0.717, 1.165) is 78.0 Å². The van der Waals surface area contributed by atoms with Gasteiger partial charge >= 0.3 is 0 Å². The van der Waals surface area contributed by atoms with Crippen LogP contribution < -0.4 is 21.3 Å². The van der Waals surface area contributed by atoms with Gasteiger partial charge in [0, 0.05) is 125 Å². The maximum atomic E-state index is 4.32. The first-order valence-corrected chi connectivity index (χ1v) is 15.9. The molecule has 9 heterocycles. The third kappa shape index (κ3) is 5.58. The number of aromatic amines is 2. The van der Waals surface area contributed by atoms with Crippen molar-refractivity contribution >= 4 is 22.3 Å². The molecule has 8 nitrogen and oxygen atoms in total. The van der Waals surface area contributed by atoms with Crippen molar-refractivity contribution < 1.29 is 19.5 Å². The number of allylic oxidation sites excluding steroid dienone is 2. The molecule has 9 heteroatoms. The molecule has 2 unspecified atom stereocenters. The molecular weight excluding hydrogens is 658 g/mol. The van der Waals surface area contributed by atoms with E-state index in [1.165, 1.54) is 0 Å². The van der Waals surface area contributed by atoms with E-state index in [-0.39, 0.29) is 31.6 Å². The van der Waals surface area contributed by atoms with Crippen molar-refractivity contribution in [1.82, 2.24) is 40.5 Å². The molecular formula is C40H30N8Zn. The van der Waals surface area contributed by atoms with Crippen molar-refractivity contribution in [1.29, 1.82) is 0 Å². The Morgan fingerprint density at radius 2 is 0.776 bits per heavy atom. The quantitative estimate of drug-likeness (QED) is 0.202. The zero-order valence-electron chi connectivity index (χ0n) is 26.5. The van der Waals surface area contributed by atoms with Crippen LogP contribution in [0, 0.1) is 0 Å². The number of hydrogen-bond donors (Lipinski definition) is 4. The summed E-state index contributed by atoms with van der Waals surface area (Å²) in [5.41, 5.74) is 12.7. The summed E-state index contributed by atoms with van der Waals surface area (Å²) in [6.07, 6.45) is 23.6. The summed E-state index contributed by atoms with van der Waals surface area (Å²) in [6.45, 7) is 0. The number of nitrogens with zero attached hydrogens (tertiary/aromatic N) is 4. The zero-order valence-corrected chi connectivity index (χ0v) is 29.5. The first kappa shape index (κ1) is 30.4. The van der Waals surface area contributed by atoms with E-state index >= 15 is 0 Å². The van der Waals surface area contributed by atoms with Crippen LogP contribution in [0.2, 0.25) is 0 Å². The molecule has 0 saturated carbocycles. The van der Waals surface area contributed by atoms with Gasteiger partial charge in [-0.2, -0.15) is 0 Å². The molecule has 4 N–H and O–H groups in total. The van der Waals surface area contributed by atoms with Gasteiger partial charge in [-0.25, -0.2) is 0 Å². The van der Waals surface area contributed by atoms with E-state index in [1.807, 2.05) is 49.6 Å². The number of hydrogen-bond acceptors (Lipinski definition) is 6.